The molecule has 0 unspecified atom stereocenters. The number of sulfonamides is 1. The van der Waals surface area contributed by atoms with Gasteiger partial charge in [-0.05, 0) is 24.3 Å². The molecule has 0 atom stereocenters. The third-order valence-corrected chi connectivity index (χ3v) is 5.03. The Bertz CT molecular complexity index is 923. The highest BCUT2D eigenvalue weighted by molar-refractivity contribution is 7.92. The minimum absolute atomic E-state index is 0.00592. The van der Waals surface area contributed by atoms with Crippen molar-refractivity contribution >= 4 is 50.5 Å². The predicted octanol–water partition coefficient (Wildman–Crippen LogP) is 3.68. The lowest BCUT2D eigenvalue weighted by molar-refractivity contribution is -0.114. The molecule has 10 heteroatoms. The standard InChI is InChI=1S/C15H12Cl2F2N2O3S/c1-25(23,24)21(13-4-2-3-10(16)15(13)17)8-14(22)20-12-6-5-9(18)7-11(12)19/h2-7H,8H2,1H3,(H,20,22). The highest BCUT2D eigenvalue weighted by atomic mass is 35.5. The molecule has 5 nitrogen and oxygen atoms in total. The first kappa shape index (κ1) is 19.4. The highest BCUT2D eigenvalue weighted by Crippen LogP contribution is 2.33. The minimum Gasteiger partial charge on any atom is -0.322 e. The van der Waals surface area contributed by atoms with E-state index in [0.29, 0.717) is 6.07 Å². The summed E-state index contributed by atoms with van der Waals surface area (Å²) in [7, 11) is -3.89. The summed E-state index contributed by atoms with van der Waals surface area (Å²) in [5.41, 5.74) is -0.275. The van der Waals surface area contributed by atoms with Crippen LogP contribution >= 0.6 is 23.2 Å². The first-order valence-electron chi connectivity index (χ1n) is 6.76. The molecule has 0 aliphatic rings. The topological polar surface area (TPSA) is 66.5 Å². The number of anilines is 2. The van der Waals surface area contributed by atoms with E-state index in [1.165, 1.54) is 18.2 Å². The van der Waals surface area contributed by atoms with Crippen molar-refractivity contribution in [1.29, 1.82) is 0 Å². The van der Waals surface area contributed by atoms with Gasteiger partial charge in [0.25, 0.3) is 0 Å². The maximum absolute atomic E-state index is 13.6. The van der Waals surface area contributed by atoms with Crippen molar-refractivity contribution < 1.29 is 22.0 Å². The molecule has 134 valence electrons. The van der Waals surface area contributed by atoms with Crippen molar-refractivity contribution in [3.63, 3.8) is 0 Å². The Balaban J connectivity index is 2.29. The smallest absolute Gasteiger partial charge is 0.245 e. The largest absolute Gasteiger partial charge is 0.322 e. The lowest BCUT2D eigenvalue weighted by Gasteiger charge is -2.23. The molecule has 0 saturated carbocycles. The zero-order valence-electron chi connectivity index (χ0n) is 12.8. The van der Waals surface area contributed by atoms with Gasteiger partial charge in [-0.25, -0.2) is 17.2 Å². The Kier molecular flexibility index (Phi) is 5.87. The quantitative estimate of drug-likeness (QED) is 0.820. The van der Waals surface area contributed by atoms with Gasteiger partial charge in [0.2, 0.25) is 15.9 Å². The number of nitrogens with one attached hydrogen (secondary N) is 1. The molecule has 25 heavy (non-hydrogen) atoms. The highest BCUT2D eigenvalue weighted by Gasteiger charge is 2.24. The molecule has 0 bridgehead atoms. The Hall–Kier alpha value is -1.90. The van der Waals surface area contributed by atoms with Gasteiger partial charge in [-0.1, -0.05) is 29.3 Å². The Labute approximate surface area is 153 Å². The van der Waals surface area contributed by atoms with Gasteiger partial charge in [0, 0.05) is 6.07 Å². The van der Waals surface area contributed by atoms with E-state index in [1.807, 2.05) is 0 Å². The molecule has 2 aromatic carbocycles. The van der Waals surface area contributed by atoms with Crippen LogP contribution in [0.4, 0.5) is 20.2 Å². The number of benzene rings is 2. The van der Waals surface area contributed by atoms with Gasteiger partial charge in [0.1, 0.15) is 18.2 Å². The Morgan fingerprint density at radius 3 is 2.48 bits per heavy atom. The van der Waals surface area contributed by atoms with E-state index in [2.05, 4.69) is 5.32 Å². The van der Waals surface area contributed by atoms with Gasteiger partial charge in [0.15, 0.2) is 0 Å². The van der Waals surface area contributed by atoms with Crippen molar-refractivity contribution in [1.82, 2.24) is 0 Å². The number of hydrogen-bond donors (Lipinski definition) is 1. The van der Waals surface area contributed by atoms with Gasteiger partial charge >= 0.3 is 0 Å². The molecule has 0 aliphatic carbocycles. The van der Waals surface area contributed by atoms with Crippen LogP contribution in [0.1, 0.15) is 0 Å². The monoisotopic (exact) mass is 408 g/mol. The molecule has 0 spiro atoms. The molecule has 0 heterocycles. The SMILES string of the molecule is CS(=O)(=O)N(CC(=O)Nc1ccc(F)cc1F)c1cccc(Cl)c1Cl. The van der Waals surface area contributed by atoms with Gasteiger partial charge in [-0.2, -0.15) is 0 Å². The van der Waals surface area contributed by atoms with Crippen molar-refractivity contribution in [3.8, 4) is 0 Å². The molecule has 0 fully saturated rings. The second-order valence-corrected chi connectivity index (χ2v) is 7.71. The van der Waals surface area contributed by atoms with E-state index < -0.39 is 34.1 Å². The van der Waals surface area contributed by atoms with Crippen LogP contribution in [0.15, 0.2) is 36.4 Å². The Morgan fingerprint density at radius 1 is 1.20 bits per heavy atom. The average molecular weight is 409 g/mol. The molecule has 1 amide bonds. The summed E-state index contributed by atoms with van der Waals surface area (Å²) in [5.74, 6) is -2.63. The first-order valence-corrected chi connectivity index (χ1v) is 9.36. The fourth-order valence-electron chi connectivity index (χ4n) is 1.98. The molecule has 0 aliphatic heterocycles. The van der Waals surface area contributed by atoms with E-state index in [1.54, 1.807) is 0 Å². The van der Waals surface area contributed by atoms with Crippen LogP contribution < -0.4 is 9.62 Å². The maximum atomic E-state index is 13.6. The maximum Gasteiger partial charge on any atom is 0.245 e. The summed E-state index contributed by atoms with van der Waals surface area (Å²) < 4.78 is 51.2. The van der Waals surface area contributed by atoms with E-state index in [0.717, 1.165) is 22.7 Å². The second kappa shape index (κ2) is 7.55. The van der Waals surface area contributed by atoms with Crippen LogP contribution in [-0.4, -0.2) is 27.1 Å². The lowest BCUT2D eigenvalue weighted by Crippen LogP contribution is -2.37. The molecule has 2 aromatic rings. The van der Waals surface area contributed by atoms with Gasteiger partial charge < -0.3 is 5.32 Å². The number of hydrogen-bond acceptors (Lipinski definition) is 3. The molecular formula is C15H12Cl2F2N2O3S. The third kappa shape index (κ3) is 4.81. The zero-order valence-corrected chi connectivity index (χ0v) is 15.1. The summed E-state index contributed by atoms with van der Waals surface area (Å²) in [4.78, 5) is 12.1. The number of carbonyl (C=O) groups excluding carboxylic acids is 1. The minimum atomic E-state index is -3.89. The normalized spacial score (nSPS) is 11.2. The van der Waals surface area contributed by atoms with Gasteiger partial charge in [0.05, 0.1) is 27.7 Å². The van der Waals surface area contributed by atoms with E-state index in [9.17, 15) is 22.0 Å². The summed E-state index contributed by atoms with van der Waals surface area (Å²) >= 11 is 11.9. The van der Waals surface area contributed by atoms with Crippen molar-refractivity contribution in [3.05, 3.63) is 58.1 Å². The number of carbonyl (C=O) groups is 1. The number of amides is 1. The van der Waals surface area contributed by atoms with Crippen LogP contribution in [0.2, 0.25) is 10.0 Å². The van der Waals surface area contributed by atoms with E-state index in [4.69, 9.17) is 23.2 Å². The average Bonchev–Trinajstić information content (AvgIpc) is 2.50. The fraction of sp³-hybridized carbons (Fsp3) is 0.133. The fourth-order valence-corrected chi connectivity index (χ4v) is 3.29. The summed E-state index contributed by atoms with van der Waals surface area (Å²) in [5, 5.41) is 2.24. The van der Waals surface area contributed by atoms with Crippen LogP contribution in [-0.2, 0) is 14.8 Å². The number of halogens is 4. The predicted molar refractivity (Wildman–Crippen MR) is 93.6 cm³/mol. The van der Waals surface area contributed by atoms with Crippen molar-refractivity contribution in [2.45, 2.75) is 0 Å². The van der Waals surface area contributed by atoms with Crippen LogP contribution in [0.3, 0.4) is 0 Å². The lowest BCUT2D eigenvalue weighted by atomic mass is 10.3. The molecular weight excluding hydrogens is 397 g/mol. The number of nitrogens with zero attached hydrogens (tertiary/aromatic N) is 1. The molecule has 2 rings (SSSR count). The second-order valence-electron chi connectivity index (χ2n) is 5.01. The van der Waals surface area contributed by atoms with Crippen molar-refractivity contribution in [2.75, 3.05) is 22.4 Å². The van der Waals surface area contributed by atoms with Crippen molar-refractivity contribution in [2.24, 2.45) is 0 Å². The Morgan fingerprint density at radius 2 is 1.88 bits per heavy atom. The van der Waals surface area contributed by atoms with E-state index in [-0.39, 0.29) is 21.4 Å². The zero-order chi connectivity index (χ0) is 18.8. The van der Waals surface area contributed by atoms with Gasteiger partial charge in [-0.15, -0.1) is 0 Å². The molecule has 1 N–H and O–H groups in total. The first-order chi connectivity index (χ1) is 11.6. The molecule has 0 radical (unpaired) electrons. The van der Waals surface area contributed by atoms with Crippen LogP contribution in [0.25, 0.3) is 0 Å². The van der Waals surface area contributed by atoms with E-state index >= 15 is 0 Å². The summed E-state index contributed by atoms with van der Waals surface area (Å²) in [6.07, 6.45) is 0.885. The third-order valence-electron chi connectivity index (χ3n) is 3.09. The van der Waals surface area contributed by atoms with Crippen LogP contribution in [0.5, 0.6) is 0 Å². The van der Waals surface area contributed by atoms with Gasteiger partial charge in [-0.3, -0.25) is 9.10 Å². The number of rotatable bonds is 5. The molecule has 0 aromatic heterocycles. The summed E-state index contributed by atoms with van der Waals surface area (Å²) in [6, 6.07) is 6.89. The molecule has 0 saturated heterocycles. The summed E-state index contributed by atoms with van der Waals surface area (Å²) in [6.45, 7) is -0.671. The van der Waals surface area contributed by atoms with Crippen LogP contribution in [0, 0.1) is 11.6 Å².